The molecule has 0 spiro atoms. The molecule has 0 amide bonds. The highest BCUT2D eigenvalue weighted by molar-refractivity contribution is 6.29. The number of carbonyl (C=O) groups is 3. The van der Waals surface area contributed by atoms with Gasteiger partial charge in [0.25, 0.3) is 0 Å². The number of hydrogen-bond donors (Lipinski definition) is 1. The lowest BCUT2D eigenvalue weighted by Gasteiger charge is -2.62. The molecule has 0 bridgehead atoms. The first-order valence-electron chi connectivity index (χ1n) is 10.1. The van der Waals surface area contributed by atoms with Gasteiger partial charge in [-0.2, -0.15) is 0 Å². The summed E-state index contributed by atoms with van der Waals surface area (Å²) in [7, 11) is 0. The predicted octanol–water partition coefficient (Wildman–Crippen LogP) is 3.41. The van der Waals surface area contributed by atoms with Crippen LogP contribution < -0.4 is 0 Å². The van der Waals surface area contributed by atoms with E-state index in [1.165, 1.54) is 0 Å². The fraction of sp³-hybridized carbons (Fsp3) is 0.857. The third kappa shape index (κ3) is 2.16. The van der Waals surface area contributed by atoms with Crippen LogP contribution in [0.5, 0.6) is 0 Å². The minimum Gasteiger partial charge on any atom is -0.381 e. The molecule has 6 heteroatoms. The van der Waals surface area contributed by atoms with E-state index in [1.54, 1.807) is 6.92 Å². The minimum atomic E-state index is -1.98. The van der Waals surface area contributed by atoms with Crippen molar-refractivity contribution in [2.24, 2.45) is 28.6 Å². The minimum absolute atomic E-state index is 0.0990. The van der Waals surface area contributed by atoms with Gasteiger partial charge in [0.2, 0.25) is 0 Å². The van der Waals surface area contributed by atoms with Crippen molar-refractivity contribution >= 4 is 29.0 Å². The van der Waals surface area contributed by atoms with E-state index in [1.807, 2.05) is 6.92 Å². The van der Waals surface area contributed by atoms with E-state index in [0.29, 0.717) is 32.1 Å². The zero-order valence-corrected chi connectivity index (χ0v) is 16.8. The molecule has 4 rings (SSSR count). The Morgan fingerprint density at radius 3 is 2.52 bits per heavy atom. The van der Waals surface area contributed by atoms with E-state index in [2.05, 4.69) is 0 Å². The van der Waals surface area contributed by atoms with Gasteiger partial charge in [-0.25, -0.2) is 4.39 Å². The van der Waals surface area contributed by atoms with E-state index in [0.717, 1.165) is 6.42 Å². The normalized spacial score (nSPS) is 52.1. The molecule has 0 aromatic heterocycles. The lowest BCUT2D eigenvalue weighted by molar-refractivity contribution is -0.206. The summed E-state index contributed by atoms with van der Waals surface area (Å²) < 4.78 is 16.7. The number of fused-ring (bicyclic) bond motifs is 5. The molecule has 0 radical (unpaired) electrons. The molecule has 0 heterocycles. The van der Waals surface area contributed by atoms with Gasteiger partial charge < -0.3 is 5.11 Å². The zero-order chi connectivity index (χ0) is 19.8. The largest absolute Gasteiger partial charge is 0.381 e. The molecule has 0 unspecified atom stereocenters. The first-order valence-corrected chi connectivity index (χ1v) is 10.6. The van der Waals surface area contributed by atoms with E-state index < -0.39 is 39.6 Å². The van der Waals surface area contributed by atoms with Gasteiger partial charge in [0, 0.05) is 36.0 Å². The standard InChI is InChI=1S/C21H28ClFO4/c1-18-7-5-13(24)9-12(18)3-4-15-14-6-8-20(27,17(26)11-22)19(14,2)10-16(25)21(15,18)23/h12,14-15,27H,3-11H2,1-2H3/t12-,14-,15-,18-,19-,20-,21-/m0/s1. The molecule has 0 aromatic rings. The molecular formula is C21H28ClFO4. The molecule has 4 aliphatic rings. The maximum Gasteiger partial charge on any atom is 0.179 e. The Morgan fingerprint density at radius 1 is 1.15 bits per heavy atom. The summed E-state index contributed by atoms with van der Waals surface area (Å²) in [5, 5.41) is 11.2. The second-order valence-electron chi connectivity index (χ2n) is 9.83. The van der Waals surface area contributed by atoms with Crippen LogP contribution in [0.15, 0.2) is 0 Å². The van der Waals surface area contributed by atoms with Gasteiger partial charge >= 0.3 is 0 Å². The molecule has 4 nitrogen and oxygen atoms in total. The number of aliphatic hydroxyl groups is 1. The summed E-state index contributed by atoms with van der Waals surface area (Å²) in [6.45, 7) is 3.62. The highest BCUT2D eigenvalue weighted by atomic mass is 35.5. The van der Waals surface area contributed by atoms with Gasteiger partial charge in [0.15, 0.2) is 17.2 Å². The molecular weight excluding hydrogens is 371 g/mol. The maximum absolute atomic E-state index is 16.7. The maximum atomic E-state index is 16.7. The highest BCUT2D eigenvalue weighted by Crippen LogP contribution is 2.69. The SMILES string of the molecule is C[C@]12CCC(=O)C[C@@H]1CC[C@H]1[C@@H]3CC[C@](O)(C(=O)CCl)[C@@]3(C)CC(=O)[C@@]12F. The molecule has 4 fully saturated rings. The Bertz CT molecular complexity index is 725. The summed E-state index contributed by atoms with van der Waals surface area (Å²) in [5.41, 5.74) is -5.43. The van der Waals surface area contributed by atoms with Crippen LogP contribution in [-0.4, -0.2) is 39.6 Å². The average Bonchev–Trinajstić information content (AvgIpc) is 2.88. The molecule has 27 heavy (non-hydrogen) atoms. The smallest absolute Gasteiger partial charge is 0.179 e. The predicted molar refractivity (Wildman–Crippen MR) is 98.1 cm³/mol. The van der Waals surface area contributed by atoms with Crippen LogP contribution in [0.25, 0.3) is 0 Å². The van der Waals surface area contributed by atoms with Crippen LogP contribution in [0.2, 0.25) is 0 Å². The first kappa shape index (κ1) is 19.5. The Morgan fingerprint density at radius 2 is 1.85 bits per heavy atom. The van der Waals surface area contributed by atoms with Gasteiger partial charge in [-0.3, -0.25) is 14.4 Å². The number of halogens is 2. The summed E-state index contributed by atoms with van der Waals surface area (Å²) in [6, 6.07) is 0. The van der Waals surface area contributed by atoms with Crippen LogP contribution in [0, 0.1) is 28.6 Å². The third-order valence-electron chi connectivity index (χ3n) is 9.05. The summed E-state index contributed by atoms with van der Waals surface area (Å²) in [4.78, 5) is 37.7. The van der Waals surface area contributed by atoms with Gasteiger partial charge in [0.1, 0.15) is 11.4 Å². The Balaban J connectivity index is 1.77. The summed E-state index contributed by atoms with van der Waals surface area (Å²) in [6.07, 6.45) is 2.97. The molecule has 0 saturated heterocycles. The number of rotatable bonds is 2. The van der Waals surface area contributed by atoms with Crippen LogP contribution in [-0.2, 0) is 14.4 Å². The van der Waals surface area contributed by atoms with E-state index in [9.17, 15) is 19.5 Å². The van der Waals surface area contributed by atoms with Crippen LogP contribution in [0.1, 0.15) is 65.2 Å². The monoisotopic (exact) mass is 398 g/mol. The van der Waals surface area contributed by atoms with E-state index in [-0.39, 0.29) is 36.3 Å². The van der Waals surface area contributed by atoms with Crippen molar-refractivity contribution in [1.82, 2.24) is 0 Å². The van der Waals surface area contributed by atoms with E-state index in [4.69, 9.17) is 11.6 Å². The van der Waals surface area contributed by atoms with Crippen molar-refractivity contribution in [1.29, 1.82) is 0 Å². The van der Waals surface area contributed by atoms with Gasteiger partial charge in [-0.1, -0.05) is 13.8 Å². The first-order chi connectivity index (χ1) is 12.5. The molecule has 150 valence electrons. The van der Waals surface area contributed by atoms with Gasteiger partial charge in [0.05, 0.1) is 5.88 Å². The Hall–Kier alpha value is -0.810. The van der Waals surface area contributed by atoms with Crippen LogP contribution in [0.3, 0.4) is 0 Å². The molecule has 7 atom stereocenters. The van der Waals surface area contributed by atoms with Crippen LogP contribution >= 0.6 is 11.6 Å². The van der Waals surface area contributed by atoms with Crippen molar-refractivity contribution in [2.45, 2.75) is 76.5 Å². The zero-order valence-electron chi connectivity index (χ0n) is 16.0. The third-order valence-corrected chi connectivity index (χ3v) is 9.29. The summed E-state index contributed by atoms with van der Waals surface area (Å²) in [5.74, 6) is -1.93. The quantitative estimate of drug-likeness (QED) is 0.723. The van der Waals surface area contributed by atoms with Crippen molar-refractivity contribution in [3.63, 3.8) is 0 Å². The fourth-order valence-corrected chi connectivity index (χ4v) is 7.56. The molecule has 4 saturated carbocycles. The average molecular weight is 399 g/mol. The molecule has 0 aliphatic heterocycles. The van der Waals surface area contributed by atoms with Crippen molar-refractivity contribution in [3.8, 4) is 0 Å². The fourth-order valence-electron chi connectivity index (χ4n) is 7.34. The number of ketones is 3. The van der Waals surface area contributed by atoms with Crippen molar-refractivity contribution < 1.29 is 23.9 Å². The van der Waals surface area contributed by atoms with Crippen molar-refractivity contribution in [2.75, 3.05) is 5.88 Å². The van der Waals surface area contributed by atoms with Gasteiger partial charge in [-0.15, -0.1) is 11.6 Å². The number of Topliss-reactive ketones (excluding diaryl/α,β-unsaturated/α-hetero) is 3. The molecule has 4 aliphatic carbocycles. The van der Waals surface area contributed by atoms with Crippen LogP contribution in [0.4, 0.5) is 4.39 Å². The highest BCUT2D eigenvalue weighted by Gasteiger charge is 2.75. The molecule has 0 aromatic carbocycles. The number of hydrogen-bond acceptors (Lipinski definition) is 4. The topological polar surface area (TPSA) is 71.4 Å². The second-order valence-corrected chi connectivity index (χ2v) is 10.1. The van der Waals surface area contributed by atoms with Crippen molar-refractivity contribution in [3.05, 3.63) is 0 Å². The van der Waals surface area contributed by atoms with E-state index >= 15 is 4.39 Å². The number of carbonyl (C=O) groups excluding carboxylic acids is 3. The Labute approximate surface area is 164 Å². The number of alkyl halides is 2. The lowest BCUT2D eigenvalue weighted by Crippen LogP contribution is -2.69. The lowest BCUT2D eigenvalue weighted by atomic mass is 9.42. The summed E-state index contributed by atoms with van der Waals surface area (Å²) >= 11 is 5.74. The molecule has 1 N–H and O–H groups in total. The second kappa shape index (κ2) is 5.85. The Kier molecular flexibility index (Phi) is 4.23. The van der Waals surface area contributed by atoms with Gasteiger partial charge in [-0.05, 0) is 43.9 Å².